The Labute approximate surface area is 161 Å². The molecule has 0 saturated heterocycles. The summed E-state index contributed by atoms with van der Waals surface area (Å²) in [5, 5.41) is 9.28. The maximum absolute atomic E-state index is 11.9. The molecule has 0 aromatic heterocycles. The number of ether oxygens (including phenoxy) is 1. The van der Waals surface area contributed by atoms with E-state index in [9.17, 15) is 4.79 Å². The van der Waals surface area contributed by atoms with Gasteiger partial charge in [-0.2, -0.15) is 0 Å². The minimum atomic E-state index is -0.00846. The lowest BCUT2D eigenvalue weighted by Gasteiger charge is -2.12. The van der Waals surface area contributed by atoms with Gasteiger partial charge in [0.05, 0.1) is 13.1 Å². The van der Waals surface area contributed by atoms with E-state index in [1.807, 2.05) is 67.6 Å². The van der Waals surface area contributed by atoms with Crippen LogP contribution in [0.2, 0.25) is 0 Å². The number of hydrogen-bond acceptors (Lipinski definition) is 3. The van der Waals surface area contributed by atoms with Gasteiger partial charge < -0.3 is 20.7 Å². The molecule has 0 atom stereocenters. The predicted octanol–water partition coefficient (Wildman–Crippen LogP) is 2.33. The minimum absolute atomic E-state index is 0.00846. The maximum atomic E-state index is 11.9. The number of hydrogen-bond donors (Lipinski definition) is 3. The van der Waals surface area contributed by atoms with Crippen molar-refractivity contribution in [1.82, 2.24) is 16.0 Å². The molecule has 0 aliphatic rings. The summed E-state index contributed by atoms with van der Waals surface area (Å²) in [5.41, 5.74) is 1.09. The van der Waals surface area contributed by atoms with Gasteiger partial charge in [0, 0.05) is 19.5 Å². The molecule has 27 heavy (non-hydrogen) atoms. The first-order valence-electron chi connectivity index (χ1n) is 9.28. The summed E-state index contributed by atoms with van der Waals surface area (Å²) in [7, 11) is 0. The van der Waals surface area contributed by atoms with E-state index in [-0.39, 0.29) is 5.91 Å². The van der Waals surface area contributed by atoms with Gasteiger partial charge >= 0.3 is 0 Å². The molecule has 0 spiro atoms. The minimum Gasteiger partial charge on any atom is -0.492 e. The fraction of sp³-hybridized carbons (Fsp3) is 0.333. The molecule has 0 bridgehead atoms. The fourth-order valence-corrected chi connectivity index (χ4v) is 2.35. The van der Waals surface area contributed by atoms with Crippen molar-refractivity contribution < 1.29 is 9.53 Å². The van der Waals surface area contributed by atoms with E-state index in [4.69, 9.17) is 4.74 Å². The van der Waals surface area contributed by atoms with Crippen LogP contribution in [0.4, 0.5) is 0 Å². The monoisotopic (exact) mass is 368 g/mol. The number of benzene rings is 2. The summed E-state index contributed by atoms with van der Waals surface area (Å²) >= 11 is 0. The quantitative estimate of drug-likeness (QED) is 0.342. The van der Waals surface area contributed by atoms with Gasteiger partial charge in [0.1, 0.15) is 12.4 Å². The van der Waals surface area contributed by atoms with Crippen LogP contribution < -0.4 is 20.7 Å². The lowest BCUT2D eigenvalue weighted by molar-refractivity contribution is -0.121. The number of amides is 1. The molecule has 2 aromatic rings. The van der Waals surface area contributed by atoms with Crippen molar-refractivity contribution in [1.29, 1.82) is 0 Å². The highest BCUT2D eigenvalue weighted by Crippen LogP contribution is 2.07. The summed E-state index contributed by atoms with van der Waals surface area (Å²) in [4.78, 5) is 16.4. The van der Waals surface area contributed by atoms with Crippen LogP contribution in [0.15, 0.2) is 65.7 Å². The molecular weight excluding hydrogens is 340 g/mol. The Morgan fingerprint density at radius 3 is 2.37 bits per heavy atom. The average Bonchev–Trinajstić information content (AvgIpc) is 2.71. The summed E-state index contributed by atoms with van der Waals surface area (Å²) in [5.74, 6) is 1.52. The zero-order valence-corrected chi connectivity index (χ0v) is 15.8. The molecule has 1 amide bonds. The third-order valence-electron chi connectivity index (χ3n) is 3.69. The third kappa shape index (κ3) is 8.76. The van der Waals surface area contributed by atoms with Crippen molar-refractivity contribution in [2.45, 2.75) is 19.9 Å². The van der Waals surface area contributed by atoms with Gasteiger partial charge in [0.25, 0.3) is 0 Å². The normalized spacial score (nSPS) is 10.9. The largest absolute Gasteiger partial charge is 0.492 e. The summed E-state index contributed by atoms with van der Waals surface area (Å²) in [6, 6.07) is 19.5. The molecule has 6 nitrogen and oxygen atoms in total. The van der Waals surface area contributed by atoms with Crippen LogP contribution in [0.25, 0.3) is 0 Å². The molecule has 0 aliphatic heterocycles. The lowest BCUT2D eigenvalue weighted by Crippen LogP contribution is -2.39. The standard InChI is InChI=1S/C21H28N4O2/c1-2-22-21(24-15-16-27-19-11-7-4-8-12-19)23-14-13-20(26)25-17-18-9-5-3-6-10-18/h3-12H,2,13-17H2,1H3,(H,25,26)(H2,22,23,24). The molecule has 3 N–H and O–H groups in total. The van der Waals surface area contributed by atoms with Gasteiger partial charge in [0.15, 0.2) is 5.96 Å². The predicted molar refractivity (Wildman–Crippen MR) is 109 cm³/mol. The molecule has 0 radical (unpaired) electrons. The van der Waals surface area contributed by atoms with E-state index < -0.39 is 0 Å². The van der Waals surface area contributed by atoms with Gasteiger partial charge in [-0.1, -0.05) is 48.5 Å². The summed E-state index contributed by atoms with van der Waals surface area (Å²) in [6.07, 6.45) is 0.351. The van der Waals surface area contributed by atoms with E-state index >= 15 is 0 Å². The summed E-state index contributed by atoms with van der Waals surface area (Å²) < 4.78 is 5.64. The number of para-hydroxylation sites is 1. The van der Waals surface area contributed by atoms with E-state index in [0.717, 1.165) is 17.9 Å². The molecule has 2 rings (SSSR count). The van der Waals surface area contributed by atoms with Crippen LogP contribution in [0.1, 0.15) is 18.9 Å². The highest BCUT2D eigenvalue weighted by Gasteiger charge is 2.02. The van der Waals surface area contributed by atoms with Gasteiger partial charge in [-0.3, -0.25) is 9.79 Å². The first-order valence-corrected chi connectivity index (χ1v) is 9.28. The van der Waals surface area contributed by atoms with Gasteiger partial charge in [-0.25, -0.2) is 0 Å². The van der Waals surface area contributed by atoms with Crippen molar-refractivity contribution in [3.63, 3.8) is 0 Å². The molecule has 0 fully saturated rings. The molecule has 144 valence electrons. The molecule has 0 unspecified atom stereocenters. The maximum Gasteiger partial charge on any atom is 0.222 e. The fourth-order valence-electron chi connectivity index (χ4n) is 2.35. The Morgan fingerprint density at radius 2 is 1.67 bits per heavy atom. The zero-order valence-electron chi connectivity index (χ0n) is 15.8. The van der Waals surface area contributed by atoms with Crippen LogP contribution in [-0.4, -0.2) is 38.1 Å². The number of nitrogens with one attached hydrogen (secondary N) is 3. The highest BCUT2D eigenvalue weighted by molar-refractivity contribution is 5.80. The van der Waals surface area contributed by atoms with Crippen LogP contribution in [-0.2, 0) is 11.3 Å². The van der Waals surface area contributed by atoms with E-state index in [1.165, 1.54) is 0 Å². The van der Waals surface area contributed by atoms with Gasteiger partial charge in [-0.05, 0) is 24.6 Å². The zero-order chi connectivity index (χ0) is 19.2. The molecule has 0 heterocycles. The first kappa shape index (κ1) is 20.3. The molecule has 0 saturated carbocycles. The Kier molecular flexibility index (Phi) is 9.28. The average molecular weight is 368 g/mol. The van der Waals surface area contributed by atoms with Crippen LogP contribution in [0.5, 0.6) is 5.75 Å². The Morgan fingerprint density at radius 1 is 0.963 bits per heavy atom. The second-order valence-electron chi connectivity index (χ2n) is 5.86. The number of carbonyl (C=O) groups is 1. The lowest BCUT2D eigenvalue weighted by atomic mass is 10.2. The number of rotatable bonds is 10. The molecule has 2 aromatic carbocycles. The number of guanidine groups is 1. The topological polar surface area (TPSA) is 74.8 Å². The number of nitrogens with zero attached hydrogens (tertiary/aromatic N) is 1. The van der Waals surface area contributed by atoms with E-state index in [2.05, 4.69) is 20.9 Å². The SMILES string of the molecule is CCNC(=NCCC(=O)NCc1ccccc1)NCCOc1ccccc1. The molecular formula is C21H28N4O2. The Balaban J connectivity index is 1.65. The smallest absolute Gasteiger partial charge is 0.222 e. The number of aliphatic imine (C=N–C) groups is 1. The third-order valence-corrected chi connectivity index (χ3v) is 3.69. The van der Waals surface area contributed by atoms with Crippen molar-refractivity contribution in [2.24, 2.45) is 4.99 Å². The van der Waals surface area contributed by atoms with Gasteiger partial charge in [-0.15, -0.1) is 0 Å². The first-order chi connectivity index (χ1) is 13.3. The molecule has 0 aliphatic carbocycles. The highest BCUT2D eigenvalue weighted by atomic mass is 16.5. The van der Waals surface area contributed by atoms with E-state index in [0.29, 0.717) is 38.6 Å². The summed E-state index contributed by atoms with van der Waals surface area (Å²) in [6.45, 7) is 4.89. The van der Waals surface area contributed by atoms with E-state index in [1.54, 1.807) is 0 Å². The Bertz CT molecular complexity index is 690. The van der Waals surface area contributed by atoms with Crippen LogP contribution in [0.3, 0.4) is 0 Å². The van der Waals surface area contributed by atoms with Crippen LogP contribution >= 0.6 is 0 Å². The van der Waals surface area contributed by atoms with Crippen molar-refractivity contribution in [3.8, 4) is 5.75 Å². The Hall–Kier alpha value is -3.02. The number of carbonyl (C=O) groups excluding carboxylic acids is 1. The van der Waals surface area contributed by atoms with Crippen molar-refractivity contribution >= 4 is 11.9 Å². The second-order valence-corrected chi connectivity index (χ2v) is 5.86. The molecule has 6 heteroatoms. The van der Waals surface area contributed by atoms with Gasteiger partial charge in [0.2, 0.25) is 5.91 Å². The van der Waals surface area contributed by atoms with Crippen molar-refractivity contribution in [2.75, 3.05) is 26.2 Å². The second kappa shape index (κ2) is 12.4. The van der Waals surface area contributed by atoms with Crippen molar-refractivity contribution in [3.05, 3.63) is 66.2 Å². The van der Waals surface area contributed by atoms with Crippen LogP contribution in [0, 0.1) is 0 Å².